The number of carbonyl (C=O) groups excluding carboxylic acids is 3. The van der Waals surface area contributed by atoms with Crippen molar-refractivity contribution in [3.63, 3.8) is 0 Å². The van der Waals surface area contributed by atoms with Gasteiger partial charge in [-0.3, -0.25) is 18.9 Å². The molecule has 2 saturated carbocycles. The first-order valence-corrected chi connectivity index (χ1v) is 26.1. The quantitative estimate of drug-likeness (QED) is 0.0980. The summed E-state index contributed by atoms with van der Waals surface area (Å²) in [5, 5.41) is 5.26. The molecule has 2 unspecified atom stereocenters. The fourth-order valence-electron chi connectivity index (χ4n) is 10.2. The maximum Gasteiger partial charge on any atom is 0.226 e. The van der Waals surface area contributed by atoms with Crippen molar-refractivity contribution in [2.45, 2.75) is 133 Å². The number of halogens is 3. The summed E-state index contributed by atoms with van der Waals surface area (Å²) in [7, 11) is -2.96. The molecule has 65 heavy (non-hydrogen) atoms. The van der Waals surface area contributed by atoms with Crippen LogP contribution in [0.1, 0.15) is 109 Å². The van der Waals surface area contributed by atoms with Gasteiger partial charge in [-0.15, -0.1) is 11.3 Å². The maximum atomic E-state index is 15.0. The number of anilines is 1. The predicted octanol–water partition coefficient (Wildman–Crippen LogP) is 11.3. The standard InChI is InChI=1S/C49H58ClF2N4O7PS/c1-29(2)53-48-55-40(28-65-48)39-23-44(35-18-19-43(62-3)45(50)46(35)54-39)63-34-22-41-42(58)25-49(64(60,61)27-36-37(51)16-11-17-38(36)52)24-32(49)15-8-6-4-5-7-14-31(47(59)56(41)26-34)21-33(57)20-30-12-9-10-13-30/h8,11,15-19,23,28-32,34,41H,4-7,9-10,12-14,20-22,24-27H2,1-3H3,(H,53,55)(H,60,61)/b15-8-/t31?,32-,34+,41-,49+/m0/s1. The summed E-state index contributed by atoms with van der Waals surface area (Å²) in [5.41, 5.74) is 0.982. The van der Waals surface area contributed by atoms with E-state index in [0.29, 0.717) is 70.5 Å². The SMILES string of the molecule is COc1ccc2c(O[C@@H]3C[C@H]4C(=O)C[C@]5(P(=O)(O)Cc6c(F)cccc6F)C[C@@H]5/C=C\CCCCCC(CC(=O)CC5CCCC5)C(=O)N4C3)cc(-c3csc(NC(C)C)n3)nc2c1Cl. The molecule has 16 heteroatoms. The van der Waals surface area contributed by atoms with E-state index in [4.69, 9.17) is 31.0 Å². The molecule has 2 N–H and O–H groups in total. The molecule has 2 aliphatic carbocycles. The summed E-state index contributed by atoms with van der Waals surface area (Å²) in [6.45, 7) is 4.05. The van der Waals surface area contributed by atoms with Crippen molar-refractivity contribution in [3.8, 4) is 22.9 Å². The van der Waals surface area contributed by atoms with E-state index in [2.05, 4.69) is 5.32 Å². The number of aromatic nitrogens is 2. The maximum absolute atomic E-state index is 15.0. The van der Waals surface area contributed by atoms with Crippen LogP contribution in [0.15, 0.2) is 53.9 Å². The molecular formula is C49H58ClF2N4O7PS. The highest BCUT2D eigenvalue weighted by atomic mass is 35.5. The van der Waals surface area contributed by atoms with E-state index < -0.39 is 65.6 Å². The van der Waals surface area contributed by atoms with Gasteiger partial charge >= 0.3 is 0 Å². The van der Waals surface area contributed by atoms with Crippen LogP contribution in [0.3, 0.4) is 0 Å². The molecule has 11 nitrogen and oxygen atoms in total. The van der Waals surface area contributed by atoms with Crippen molar-refractivity contribution < 1.29 is 42.1 Å². The molecule has 6 atom stereocenters. The number of carbonyl (C=O) groups is 3. The number of thiazole rings is 1. The molecule has 2 aromatic heterocycles. The highest BCUT2D eigenvalue weighted by Crippen LogP contribution is 2.74. The topological polar surface area (TPSA) is 148 Å². The van der Waals surface area contributed by atoms with E-state index in [1.807, 2.05) is 31.4 Å². The molecule has 2 aliphatic heterocycles. The lowest BCUT2D eigenvalue weighted by atomic mass is 9.89. The molecule has 8 rings (SSSR count). The number of hydrogen-bond donors (Lipinski definition) is 2. The number of methoxy groups -OCH3 is 1. The zero-order chi connectivity index (χ0) is 46.0. The number of nitrogens with one attached hydrogen (secondary N) is 1. The summed E-state index contributed by atoms with van der Waals surface area (Å²) in [4.78, 5) is 66.8. The van der Waals surface area contributed by atoms with Crippen molar-refractivity contribution in [2.75, 3.05) is 19.0 Å². The number of rotatable bonds is 13. The Morgan fingerprint density at radius 1 is 1.03 bits per heavy atom. The highest BCUT2D eigenvalue weighted by Gasteiger charge is 2.65. The number of amides is 1. The van der Waals surface area contributed by atoms with Crippen LogP contribution < -0.4 is 14.8 Å². The Morgan fingerprint density at radius 2 is 1.78 bits per heavy atom. The molecule has 348 valence electrons. The fourth-order valence-corrected chi connectivity index (χ4v) is 13.9. The number of Topliss-reactive ketones (excluding diaryl/α,β-unsaturated/α-hetero) is 2. The van der Waals surface area contributed by atoms with Gasteiger partial charge in [-0.1, -0.05) is 68.3 Å². The second kappa shape index (κ2) is 19.9. The first-order chi connectivity index (χ1) is 31.2. The minimum atomic E-state index is -4.47. The van der Waals surface area contributed by atoms with Gasteiger partial charge in [0.25, 0.3) is 0 Å². The Balaban J connectivity index is 1.15. The molecule has 3 fully saturated rings. The van der Waals surface area contributed by atoms with Crippen LogP contribution in [0.2, 0.25) is 5.02 Å². The normalized spacial score (nSPS) is 25.7. The molecule has 4 aromatic rings. The second-order valence-electron chi connectivity index (χ2n) is 18.8. The number of hydrogen-bond acceptors (Lipinski definition) is 10. The fraction of sp³-hybridized carbons (Fsp3) is 0.531. The van der Waals surface area contributed by atoms with Crippen LogP contribution in [0, 0.1) is 29.4 Å². The number of ketones is 2. The van der Waals surface area contributed by atoms with Crippen LogP contribution in [0.5, 0.6) is 11.5 Å². The van der Waals surface area contributed by atoms with Gasteiger partial charge in [0.05, 0.1) is 42.2 Å². The highest BCUT2D eigenvalue weighted by molar-refractivity contribution is 7.59. The summed E-state index contributed by atoms with van der Waals surface area (Å²) in [6, 6.07) is 7.67. The number of ether oxygens (including phenoxy) is 2. The van der Waals surface area contributed by atoms with Gasteiger partial charge in [-0.25, -0.2) is 18.7 Å². The van der Waals surface area contributed by atoms with Gasteiger partial charge in [0.2, 0.25) is 13.3 Å². The molecule has 0 spiro atoms. The minimum Gasteiger partial charge on any atom is -0.495 e. The number of nitrogens with zero attached hydrogens (tertiary/aromatic N) is 3. The summed E-state index contributed by atoms with van der Waals surface area (Å²) in [5.74, 6) is -2.58. The average molecular weight is 952 g/mol. The summed E-state index contributed by atoms with van der Waals surface area (Å²) < 4.78 is 56.9. The zero-order valence-corrected chi connectivity index (χ0v) is 39.7. The molecule has 1 amide bonds. The average Bonchev–Trinajstić information content (AvgIpc) is 3.68. The first kappa shape index (κ1) is 47.3. The van der Waals surface area contributed by atoms with Gasteiger partial charge in [-0.2, -0.15) is 0 Å². The van der Waals surface area contributed by atoms with Crippen LogP contribution in [-0.4, -0.2) is 74.2 Å². The van der Waals surface area contributed by atoms with Crippen molar-refractivity contribution >= 4 is 63.8 Å². The van der Waals surface area contributed by atoms with Crippen LogP contribution in [0.4, 0.5) is 13.9 Å². The number of pyridine rings is 1. The van der Waals surface area contributed by atoms with Crippen LogP contribution in [0.25, 0.3) is 22.3 Å². The summed E-state index contributed by atoms with van der Waals surface area (Å²) >= 11 is 8.32. The molecule has 1 saturated heterocycles. The van der Waals surface area contributed by atoms with Crippen LogP contribution in [-0.2, 0) is 25.1 Å². The Bertz CT molecular complexity index is 2490. The van der Waals surface area contributed by atoms with Gasteiger partial charge in [-0.05, 0) is 75.6 Å². The lowest BCUT2D eigenvalue weighted by molar-refractivity contribution is -0.142. The number of benzene rings is 2. The van der Waals surface area contributed by atoms with Gasteiger partial charge in [0.1, 0.15) is 45.7 Å². The molecular weight excluding hydrogens is 893 g/mol. The predicted molar refractivity (Wildman–Crippen MR) is 250 cm³/mol. The van der Waals surface area contributed by atoms with E-state index >= 15 is 4.79 Å². The van der Waals surface area contributed by atoms with Crippen LogP contribution >= 0.6 is 30.3 Å². The van der Waals surface area contributed by atoms with Gasteiger partial charge < -0.3 is 24.6 Å². The molecule has 4 aliphatic rings. The Hall–Kier alpha value is -4.23. The van der Waals surface area contributed by atoms with Gasteiger partial charge in [0, 0.05) is 60.0 Å². The lowest BCUT2D eigenvalue weighted by Crippen LogP contribution is -2.45. The van der Waals surface area contributed by atoms with Crippen molar-refractivity contribution in [3.05, 3.63) is 76.2 Å². The third kappa shape index (κ3) is 10.4. The molecule has 0 radical (unpaired) electrons. The number of allylic oxidation sites excluding steroid dienone is 2. The lowest BCUT2D eigenvalue weighted by Gasteiger charge is -2.30. The molecule has 2 aromatic carbocycles. The largest absolute Gasteiger partial charge is 0.495 e. The second-order valence-corrected chi connectivity index (χ2v) is 22.6. The van der Waals surface area contributed by atoms with Gasteiger partial charge in [0.15, 0.2) is 10.9 Å². The van der Waals surface area contributed by atoms with E-state index in [1.54, 1.807) is 18.2 Å². The first-order valence-electron chi connectivity index (χ1n) is 23.0. The monoisotopic (exact) mass is 950 g/mol. The van der Waals surface area contributed by atoms with E-state index in [-0.39, 0.29) is 55.0 Å². The van der Waals surface area contributed by atoms with Crippen molar-refractivity contribution in [2.24, 2.45) is 17.8 Å². The summed E-state index contributed by atoms with van der Waals surface area (Å²) in [6.07, 6.45) is 10.4. The van der Waals surface area contributed by atoms with E-state index in [0.717, 1.165) is 50.7 Å². The smallest absolute Gasteiger partial charge is 0.226 e. The Morgan fingerprint density at radius 3 is 2.52 bits per heavy atom. The van der Waals surface area contributed by atoms with E-state index in [1.165, 1.54) is 29.4 Å². The third-order valence-electron chi connectivity index (χ3n) is 13.8. The van der Waals surface area contributed by atoms with E-state index in [9.17, 15) is 27.8 Å². The number of fused-ring (bicyclic) bond motifs is 3. The van der Waals surface area contributed by atoms with Crippen molar-refractivity contribution in [1.82, 2.24) is 14.9 Å². The Labute approximate surface area is 388 Å². The van der Waals surface area contributed by atoms with Crippen molar-refractivity contribution in [1.29, 1.82) is 0 Å². The Kier molecular flexibility index (Phi) is 14.5. The zero-order valence-electron chi connectivity index (χ0n) is 37.2. The molecule has 4 heterocycles. The third-order valence-corrected chi connectivity index (χ3v) is 17.7. The molecule has 0 bridgehead atoms. The minimum absolute atomic E-state index is 0.0122.